The summed E-state index contributed by atoms with van der Waals surface area (Å²) >= 11 is 0. The van der Waals surface area contributed by atoms with Crippen molar-refractivity contribution >= 4 is 50.5 Å². The molecule has 2 N–H and O–H groups in total. The first kappa shape index (κ1) is 19.3. The Bertz CT molecular complexity index is 1480. The first-order valence-corrected chi connectivity index (χ1v) is 9.84. The molecule has 0 amide bonds. The van der Waals surface area contributed by atoms with Gasteiger partial charge in [-0.1, -0.05) is 36.4 Å². The van der Waals surface area contributed by atoms with Crippen molar-refractivity contribution in [2.24, 2.45) is 0 Å². The molecule has 5 rings (SSSR count). The summed E-state index contributed by atoms with van der Waals surface area (Å²) in [6.45, 7) is 1.89. The Morgan fingerprint density at radius 3 is 2.09 bits per heavy atom. The molecule has 0 radical (unpaired) electrons. The van der Waals surface area contributed by atoms with Gasteiger partial charge in [0.05, 0.1) is 27.3 Å². The molecule has 156 valence electrons. The maximum Gasteiger partial charge on any atom is 0.353 e. The van der Waals surface area contributed by atoms with E-state index in [4.69, 9.17) is 0 Å². The molecule has 3 heterocycles. The minimum atomic E-state index is -0.507. The van der Waals surface area contributed by atoms with Crippen LogP contribution in [-0.2, 0) is 0 Å². The van der Waals surface area contributed by atoms with Crippen LogP contribution in [0.5, 0.6) is 0 Å². The number of nitro groups is 1. The number of hydrogen-bond acceptors (Lipinski definition) is 8. The fraction of sp³-hybridized carbons (Fsp3) is 0.0435. The molecule has 0 spiro atoms. The first-order valence-electron chi connectivity index (χ1n) is 9.84. The molecular weight excluding hydrogens is 406 g/mol. The van der Waals surface area contributed by atoms with Gasteiger partial charge in [-0.05, 0) is 31.2 Å². The van der Waals surface area contributed by atoms with E-state index in [0.29, 0.717) is 22.4 Å². The standard InChI is InChI=1S/C23H17N7O2/c1-14-10-11-16-6-3-9-18(20(16)27-14)29-23-21(30(31)32)22(25-13-26-23)28-17-8-2-5-15-7-4-12-24-19(15)17/h2-13H,1H3,(H2,25,26,28,29). The van der Waals surface area contributed by atoms with Crippen molar-refractivity contribution in [1.82, 2.24) is 19.9 Å². The highest BCUT2D eigenvalue weighted by molar-refractivity contribution is 5.95. The van der Waals surface area contributed by atoms with Gasteiger partial charge in [-0.3, -0.25) is 20.1 Å². The molecule has 0 saturated carbocycles. The lowest BCUT2D eigenvalue weighted by atomic mass is 10.1. The first-order chi connectivity index (χ1) is 15.6. The minimum absolute atomic E-state index is 0.0648. The van der Waals surface area contributed by atoms with Crippen molar-refractivity contribution in [2.45, 2.75) is 6.92 Å². The molecule has 0 bridgehead atoms. The monoisotopic (exact) mass is 423 g/mol. The van der Waals surface area contributed by atoms with Gasteiger partial charge in [-0.2, -0.15) is 0 Å². The number of rotatable bonds is 5. The van der Waals surface area contributed by atoms with E-state index in [9.17, 15) is 10.1 Å². The van der Waals surface area contributed by atoms with Crippen molar-refractivity contribution in [2.75, 3.05) is 10.6 Å². The lowest BCUT2D eigenvalue weighted by molar-refractivity contribution is -0.383. The molecule has 9 nitrogen and oxygen atoms in total. The van der Waals surface area contributed by atoms with Crippen LogP contribution in [0.25, 0.3) is 21.8 Å². The second-order valence-electron chi connectivity index (χ2n) is 7.14. The smallest absolute Gasteiger partial charge is 0.332 e. The molecule has 9 heteroatoms. The molecule has 5 aromatic rings. The Hall–Kier alpha value is -4.66. The maximum absolute atomic E-state index is 12.0. The Balaban J connectivity index is 1.59. The highest BCUT2D eigenvalue weighted by Crippen LogP contribution is 2.35. The van der Waals surface area contributed by atoms with Crippen molar-refractivity contribution in [3.05, 3.63) is 89.0 Å². The summed E-state index contributed by atoms with van der Waals surface area (Å²) in [5, 5.41) is 20.0. The highest BCUT2D eigenvalue weighted by Gasteiger charge is 2.24. The van der Waals surface area contributed by atoms with Gasteiger partial charge in [-0.15, -0.1) is 0 Å². The number of nitrogens with zero attached hydrogens (tertiary/aromatic N) is 5. The lowest BCUT2D eigenvalue weighted by Crippen LogP contribution is -2.06. The summed E-state index contributed by atoms with van der Waals surface area (Å²) in [6.07, 6.45) is 2.95. The number of fused-ring (bicyclic) bond motifs is 2. The Morgan fingerprint density at radius 1 is 0.781 bits per heavy atom. The van der Waals surface area contributed by atoms with Gasteiger partial charge in [0.1, 0.15) is 6.33 Å². The van der Waals surface area contributed by atoms with Gasteiger partial charge < -0.3 is 10.6 Å². The number of benzene rings is 2. The van der Waals surface area contributed by atoms with Gasteiger partial charge in [-0.25, -0.2) is 9.97 Å². The normalized spacial score (nSPS) is 10.9. The van der Waals surface area contributed by atoms with Crippen LogP contribution in [0, 0.1) is 17.0 Å². The largest absolute Gasteiger partial charge is 0.353 e. The van der Waals surface area contributed by atoms with E-state index < -0.39 is 4.92 Å². The van der Waals surface area contributed by atoms with E-state index in [1.165, 1.54) is 6.33 Å². The van der Waals surface area contributed by atoms with Crippen molar-refractivity contribution < 1.29 is 4.92 Å². The van der Waals surface area contributed by atoms with E-state index in [1.807, 2.05) is 61.5 Å². The van der Waals surface area contributed by atoms with Crippen molar-refractivity contribution in [3.63, 3.8) is 0 Å². The number of nitrogens with one attached hydrogen (secondary N) is 2. The molecule has 32 heavy (non-hydrogen) atoms. The molecule has 0 fully saturated rings. The van der Waals surface area contributed by atoms with E-state index in [1.54, 1.807) is 12.3 Å². The lowest BCUT2D eigenvalue weighted by Gasteiger charge is -2.12. The van der Waals surface area contributed by atoms with Gasteiger partial charge in [0.25, 0.3) is 0 Å². The zero-order valence-corrected chi connectivity index (χ0v) is 17.0. The van der Waals surface area contributed by atoms with E-state index >= 15 is 0 Å². The van der Waals surface area contributed by atoms with Crippen LogP contribution in [-0.4, -0.2) is 24.9 Å². The second kappa shape index (κ2) is 7.88. The van der Waals surface area contributed by atoms with Crippen LogP contribution in [0.1, 0.15) is 5.69 Å². The number of aryl methyl sites for hydroxylation is 1. The molecule has 2 aromatic carbocycles. The predicted molar refractivity (Wildman–Crippen MR) is 123 cm³/mol. The molecule has 0 unspecified atom stereocenters. The predicted octanol–water partition coefficient (Wildman–Crippen LogP) is 5.28. The fourth-order valence-electron chi connectivity index (χ4n) is 3.54. The number of pyridine rings is 2. The topological polar surface area (TPSA) is 119 Å². The summed E-state index contributed by atoms with van der Waals surface area (Å²) < 4.78 is 0. The van der Waals surface area contributed by atoms with Gasteiger partial charge in [0.2, 0.25) is 11.6 Å². The Kier molecular flexibility index (Phi) is 4.75. The molecule has 0 aliphatic carbocycles. The average molecular weight is 423 g/mol. The van der Waals surface area contributed by atoms with Gasteiger partial charge >= 0.3 is 5.69 Å². The fourth-order valence-corrected chi connectivity index (χ4v) is 3.54. The SMILES string of the molecule is Cc1ccc2cccc(Nc3ncnc(Nc4cccc5cccnc45)c3[N+](=O)[O-])c2n1. The number of anilines is 4. The second-order valence-corrected chi connectivity index (χ2v) is 7.14. The third-order valence-electron chi connectivity index (χ3n) is 5.00. The number of hydrogen-bond donors (Lipinski definition) is 2. The Morgan fingerprint density at radius 2 is 1.41 bits per heavy atom. The zero-order valence-electron chi connectivity index (χ0n) is 17.0. The van der Waals surface area contributed by atoms with Crippen LogP contribution in [0.15, 0.2) is 73.2 Å². The number of para-hydroxylation sites is 2. The van der Waals surface area contributed by atoms with Crippen LogP contribution < -0.4 is 10.6 Å². The summed E-state index contributed by atoms with van der Waals surface area (Å²) in [4.78, 5) is 28.7. The molecule has 0 aliphatic heterocycles. The molecule has 0 saturated heterocycles. The quantitative estimate of drug-likeness (QED) is 0.290. The molecule has 0 aliphatic rings. The van der Waals surface area contributed by atoms with E-state index in [-0.39, 0.29) is 17.3 Å². The Labute approximate surface area is 182 Å². The van der Waals surface area contributed by atoms with E-state index in [0.717, 1.165) is 16.5 Å². The van der Waals surface area contributed by atoms with Crippen LogP contribution in [0.2, 0.25) is 0 Å². The minimum Gasteiger partial charge on any atom is -0.332 e. The summed E-state index contributed by atoms with van der Waals surface area (Å²) in [7, 11) is 0. The van der Waals surface area contributed by atoms with Crippen LogP contribution in [0.4, 0.5) is 28.7 Å². The average Bonchev–Trinajstić information content (AvgIpc) is 2.80. The number of aromatic nitrogens is 4. The van der Waals surface area contributed by atoms with Crippen LogP contribution in [0.3, 0.4) is 0 Å². The van der Waals surface area contributed by atoms with Gasteiger partial charge in [0.15, 0.2) is 0 Å². The molecular formula is C23H17N7O2. The van der Waals surface area contributed by atoms with Crippen LogP contribution >= 0.6 is 0 Å². The summed E-state index contributed by atoms with van der Waals surface area (Å²) in [5.74, 6) is 0.131. The third-order valence-corrected chi connectivity index (χ3v) is 5.00. The summed E-state index contributed by atoms with van der Waals surface area (Å²) in [6, 6.07) is 18.8. The van der Waals surface area contributed by atoms with Crippen molar-refractivity contribution in [3.8, 4) is 0 Å². The molecule has 3 aromatic heterocycles. The summed E-state index contributed by atoms with van der Waals surface area (Å²) in [5.41, 5.74) is 3.18. The van der Waals surface area contributed by atoms with Gasteiger partial charge in [0, 0.05) is 22.7 Å². The maximum atomic E-state index is 12.0. The zero-order chi connectivity index (χ0) is 22.1. The molecule has 0 atom stereocenters. The van der Waals surface area contributed by atoms with Crippen molar-refractivity contribution in [1.29, 1.82) is 0 Å². The highest BCUT2D eigenvalue weighted by atomic mass is 16.6. The van der Waals surface area contributed by atoms with E-state index in [2.05, 4.69) is 30.6 Å². The third kappa shape index (κ3) is 3.52.